The minimum atomic E-state index is -0.710. The molecule has 0 atom stereocenters. The van der Waals surface area contributed by atoms with E-state index < -0.39 is 5.91 Å². The van der Waals surface area contributed by atoms with E-state index in [1.165, 1.54) is 4.57 Å². The Morgan fingerprint density at radius 2 is 1.89 bits per heavy atom. The van der Waals surface area contributed by atoms with E-state index in [0.29, 0.717) is 24.4 Å². The lowest BCUT2D eigenvalue weighted by Gasteiger charge is -2.07. The molecule has 1 amide bonds. The second-order valence-corrected chi connectivity index (χ2v) is 6.65. The maximum absolute atomic E-state index is 12.5. The molecular weight excluding hydrogens is 354 g/mol. The minimum absolute atomic E-state index is 0.0112. The van der Waals surface area contributed by atoms with Crippen molar-refractivity contribution >= 4 is 17.1 Å². The molecule has 0 aliphatic carbocycles. The lowest BCUT2D eigenvalue weighted by atomic mass is 10.1. The maximum atomic E-state index is 12.5. The second kappa shape index (κ2) is 7.11. The zero-order valence-corrected chi connectivity index (χ0v) is 15.3. The van der Waals surface area contributed by atoms with E-state index in [1.54, 1.807) is 0 Å². The molecule has 7 heteroatoms. The molecule has 0 saturated carbocycles. The van der Waals surface area contributed by atoms with Crippen molar-refractivity contribution in [2.24, 2.45) is 5.73 Å². The van der Waals surface area contributed by atoms with Crippen LogP contribution in [0.4, 0.5) is 0 Å². The molecule has 0 saturated heterocycles. The van der Waals surface area contributed by atoms with Crippen molar-refractivity contribution in [3.8, 4) is 11.4 Å². The zero-order chi connectivity index (χ0) is 19.7. The van der Waals surface area contributed by atoms with Crippen molar-refractivity contribution in [1.29, 1.82) is 0 Å². The monoisotopic (exact) mass is 373 g/mol. The number of fused-ring (bicyclic) bond motifs is 1. The number of rotatable bonds is 5. The number of hydrogen-bond acceptors (Lipinski definition) is 4. The molecule has 2 aromatic carbocycles. The standard InChI is InChI=1S/C21H19N5O2/c1-13-6-5-9-15(12-13)19-23-16(18(22)27)17-20(25-19)26(21(28)24-17)11-10-14-7-3-2-4-8-14/h2-9,12H,10-11H2,1H3,(H2,22,27)(H,24,28). The van der Waals surface area contributed by atoms with Crippen LogP contribution in [-0.2, 0) is 13.0 Å². The van der Waals surface area contributed by atoms with E-state index >= 15 is 0 Å². The van der Waals surface area contributed by atoms with Crippen molar-refractivity contribution in [1.82, 2.24) is 19.5 Å². The largest absolute Gasteiger partial charge is 0.364 e. The number of amides is 1. The van der Waals surface area contributed by atoms with E-state index in [9.17, 15) is 9.59 Å². The highest BCUT2D eigenvalue weighted by atomic mass is 16.2. The summed E-state index contributed by atoms with van der Waals surface area (Å²) in [6.07, 6.45) is 0.656. The summed E-state index contributed by atoms with van der Waals surface area (Å²) in [5.74, 6) is -0.352. The van der Waals surface area contributed by atoms with Crippen LogP contribution in [0, 0.1) is 6.92 Å². The molecule has 0 unspecified atom stereocenters. The molecule has 4 rings (SSSR count). The summed E-state index contributed by atoms with van der Waals surface area (Å²) >= 11 is 0. The average Bonchev–Trinajstić information content (AvgIpc) is 3.01. The first kappa shape index (κ1) is 17.7. The second-order valence-electron chi connectivity index (χ2n) is 6.65. The smallest absolute Gasteiger partial charge is 0.327 e. The van der Waals surface area contributed by atoms with Gasteiger partial charge in [0.25, 0.3) is 5.91 Å². The number of nitrogens with one attached hydrogen (secondary N) is 1. The van der Waals surface area contributed by atoms with E-state index in [4.69, 9.17) is 5.73 Å². The van der Waals surface area contributed by atoms with Gasteiger partial charge in [-0.15, -0.1) is 0 Å². The maximum Gasteiger partial charge on any atom is 0.327 e. The molecule has 3 N–H and O–H groups in total. The van der Waals surface area contributed by atoms with Crippen LogP contribution in [0.15, 0.2) is 59.4 Å². The van der Waals surface area contributed by atoms with Crippen LogP contribution in [0.2, 0.25) is 0 Å². The Labute approximate surface area is 160 Å². The van der Waals surface area contributed by atoms with Gasteiger partial charge in [0, 0.05) is 12.1 Å². The molecule has 2 aromatic heterocycles. The number of aromatic nitrogens is 4. The number of hydrogen-bond donors (Lipinski definition) is 2. The van der Waals surface area contributed by atoms with Gasteiger partial charge >= 0.3 is 5.69 Å². The third kappa shape index (κ3) is 3.29. The third-order valence-corrected chi connectivity index (χ3v) is 4.60. The first-order valence-electron chi connectivity index (χ1n) is 8.94. The summed E-state index contributed by atoms with van der Waals surface area (Å²) in [7, 11) is 0. The predicted molar refractivity (Wildman–Crippen MR) is 107 cm³/mol. The number of nitrogens with two attached hydrogens (primary N) is 1. The van der Waals surface area contributed by atoms with Crippen LogP contribution in [0.1, 0.15) is 21.6 Å². The summed E-state index contributed by atoms with van der Waals surface area (Å²) < 4.78 is 1.52. The Kier molecular flexibility index (Phi) is 4.49. The average molecular weight is 373 g/mol. The molecule has 4 aromatic rings. The number of imidazole rings is 1. The van der Waals surface area contributed by atoms with Crippen molar-refractivity contribution in [3.63, 3.8) is 0 Å². The van der Waals surface area contributed by atoms with Crippen molar-refractivity contribution in [2.45, 2.75) is 19.9 Å². The first-order valence-corrected chi connectivity index (χ1v) is 8.94. The number of benzene rings is 2. The van der Waals surface area contributed by atoms with E-state index in [-0.39, 0.29) is 16.9 Å². The number of H-pyrrole nitrogens is 1. The van der Waals surface area contributed by atoms with Crippen LogP contribution in [0.3, 0.4) is 0 Å². The molecule has 28 heavy (non-hydrogen) atoms. The Balaban J connectivity index is 1.85. The fourth-order valence-electron chi connectivity index (χ4n) is 3.21. The van der Waals surface area contributed by atoms with Gasteiger partial charge in [0.15, 0.2) is 17.2 Å². The van der Waals surface area contributed by atoms with E-state index in [0.717, 1.165) is 16.7 Å². The molecular formula is C21H19N5O2. The third-order valence-electron chi connectivity index (χ3n) is 4.60. The van der Waals surface area contributed by atoms with Crippen LogP contribution in [-0.4, -0.2) is 25.4 Å². The topological polar surface area (TPSA) is 107 Å². The molecule has 0 aliphatic heterocycles. The van der Waals surface area contributed by atoms with Crippen LogP contribution in [0.25, 0.3) is 22.6 Å². The van der Waals surface area contributed by atoms with Crippen LogP contribution < -0.4 is 11.4 Å². The summed E-state index contributed by atoms with van der Waals surface area (Å²) in [5.41, 5.74) is 8.73. The number of aryl methyl sites for hydroxylation is 3. The SMILES string of the molecule is Cc1cccc(-c2nc(C(N)=O)c3[nH]c(=O)n(CCc4ccccc4)c3n2)c1. The molecule has 0 spiro atoms. The van der Waals surface area contributed by atoms with Gasteiger partial charge in [0.05, 0.1) is 0 Å². The molecule has 0 radical (unpaired) electrons. The molecule has 140 valence electrons. The zero-order valence-electron chi connectivity index (χ0n) is 15.3. The Morgan fingerprint density at radius 1 is 1.11 bits per heavy atom. The van der Waals surface area contributed by atoms with Gasteiger partial charge in [-0.3, -0.25) is 9.36 Å². The van der Waals surface area contributed by atoms with E-state index in [1.807, 2.05) is 61.5 Å². The number of carbonyl (C=O) groups is 1. The highest BCUT2D eigenvalue weighted by molar-refractivity contribution is 6.01. The van der Waals surface area contributed by atoms with Crippen molar-refractivity contribution in [2.75, 3.05) is 0 Å². The highest BCUT2D eigenvalue weighted by Crippen LogP contribution is 2.21. The highest BCUT2D eigenvalue weighted by Gasteiger charge is 2.19. The molecule has 0 fully saturated rings. The van der Waals surface area contributed by atoms with Gasteiger partial charge in [0.2, 0.25) is 0 Å². The molecule has 0 aliphatic rings. The van der Waals surface area contributed by atoms with Gasteiger partial charge in [-0.2, -0.15) is 0 Å². The minimum Gasteiger partial charge on any atom is -0.364 e. The van der Waals surface area contributed by atoms with Gasteiger partial charge in [-0.25, -0.2) is 14.8 Å². The fraction of sp³-hybridized carbons (Fsp3) is 0.143. The summed E-state index contributed by atoms with van der Waals surface area (Å²) in [6, 6.07) is 17.5. The molecule has 2 heterocycles. The fourth-order valence-corrected chi connectivity index (χ4v) is 3.21. The lowest BCUT2D eigenvalue weighted by molar-refractivity contribution is 0.0997. The van der Waals surface area contributed by atoms with Gasteiger partial charge in [0.1, 0.15) is 5.52 Å². The Bertz CT molecular complexity index is 1220. The summed E-state index contributed by atoms with van der Waals surface area (Å²) in [4.78, 5) is 36.1. The Morgan fingerprint density at radius 3 is 2.61 bits per heavy atom. The summed E-state index contributed by atoms with van der Waals surface area (Å²) in [5, 5.41) is 0. The van der Waals surface area contributed by atoms with Crippen LogP contribution in [0.5, 0.6) is 0 Å². The number of aromatic amines is 1. The van der Waals surface area contributed by atoms with Gasteiger partial charge in [-0.1, -0.05) is 54.1 Å². The lowest BCUT2D eigenvalue weighted by Crippen LogP contribution is -2.18. The van der Waals surface area contributed by atoms with Crippen molar-refractivity contribution in [3.05, 3.63) is 81.9 Å². The normalized spacial score (nSPS) is 11.0. The van der Waals surface area contributed by atoms with E-state index in [2.05, 4.69) is 15.0 Å². The van der Waals surface area contributed by atoms with Gasteiger partial charge < -0.3 is 10.7 Å². The Hall–Kier alpha value is -3.74. The van der Waals surface area contributed by atoms with Crippen LogP contribution >= 0.6 is 0 Å². The quantitative estimate of drug-likeness (QED) is 0.560. The number of carbonyl (C=O) groups excluding carboxylic acids is 1. The molecule has 0 bridgehead atoms. The predicted octanol–water partition coefficient (Wildman–Crippen LogP) is 2.44. The molecule has 7 nitrogen and oxygen atoms in total. The van der Waals surface area contributed by atoms with Crippen molar-refractivity contribution < 1.29 is 4.79 Å². The summed E-state index contributed by atoms with van der Waals surface area (Å²) in [6.45, 7) is 2.38. The first-order chi connectivity index (χ1) is 13.5. The number of primary amides is 1. The van der Waals surface area contributed by atoms with Gasteiger partial charge in [-0.05, 0) is 25.0 Å². The number of nitrogens with zero attached hydrogens (tertiary/aromatic N) is 3.